The second-order valence-electron chi connectivity index (χ2n) is 6.32. The highest BCUT2D eigenvalue weighted by Crippen LogP contribution is 2.23. The monoisotopic (exact) mass is 337 g/mol. The van der Waals surface area contributed by atoms with Crippen molar-refractivity contribution in [1.82, 2.24) is 14.5 Å². The summed E-state index contributed by atoms with van der Waals surface area (Å²) in [5, 5.41) is 9.98. The Balaban J connectivity index is 1.69. The van der Waals surface area contributed by atoms with Gasteiger partial charge >= 0.3 is 5.97 Å². The molecule has 1 fully saturated rings. The zero-order chi connectivity index (χ0) is 17.4. The predicted octanol–water partition coefficient (Wildman–Crippen LogP) is 2.05. The van der Waals surface area contributed by atoms with Gasteiger partial charge in [0, 0.05) is 30.7 Å². The minimum atomic E-state index is -0.931. The molecule has 4 rings (SSSR count). The number of hydrogen-bond acceptors (Lipinski definition) is 5. The lowest BCUT2D eigenvalue weighted by atomic mass is 10.1. The Labute approximate surface area is 144 Å². The van der Waals surface area contributed by atoms with Gasteiger partial charge in [-0.15, -0.1) is 0 Å². The van der Waals surface area contributed by atoms with Crippen LogP contribution in [0.15, 0.2) is 42.9 Å². The van der Waals surface area contributed by atoms with Crippen LogP contribution in [-0.2, 0) is 0 Å². The first-order valence-corrected chi connectivity index (χ1v) is 8.29. The molecule has 0 spiro atoms. The van der Waals surface area contributed by atoms with Crippen LogP contribution >= 0.6 is 0 Å². The van der Waals surface area contributed by atoms with E-state index in [-0.39, 0.29) is 11.6 Å². The van der Waals surface area contributed by atoms with Crippen LogP contribution in [0.25, 0.3) is 16.7 Å². The van der Waals surface area contributed by atoms with E-state index in [0.717, 1.165) is 42.7 Å². The van der Waals surface area contributed by atoms with Gasteiger partial charge in [-0.05, 0) is 37.1 Å². The molecule has 3 N–H and O–H groups in total. The second kappa shape index (κ2) is 6.18. The topological polar surface area (TPSA) is 97.3 Å². The fourth-order valence-electron chi connectivity index (χ4n) is 3.22. The van der Waals surface area contributed by atoms with Gasteiger partial charge in [-0.2, -0.15) is 0 Å². The molecular weight excluding hydrogens is 318 g/mol. The summed E-state index contributed by atoms with van der Waals surface area (Å²) in [6.07, 6.45) is 7.28. The average Bonchev–Trinajstić information content (AvgIpc) is 3.05. The molecule has 1 aromatic carbocycles. The lowest BCUT2D eigenvalue weighted by Gasteiger charge is -2.30. The van der Waals surface area contributed by atoms with Gasteiger partial charge in [0.05, 0.1) is 23.5 Å². The fraction of sp³-hybridized carbons (Fsp3) is 0.278. The van der Waals surface area contributed by atoms with Gasteiger partial charge in [-0.3, -0.25) is 9.55 Å². The molecule has 0 radical (unpaired) electrons. The fourth-order valence-corrected chi connectivity index (χ4v) is 3.22. The van der Waals surface area contributed by atoms with Crippen molar-refractivity contribution in [3.05, 3.63) is 48.4 Å². The molecule has 128 valence electrons. The van der Waals surface area contributed by atoms with Gasteiger partial charge < -0.3 is 15.7 Å². The number of carbonyl (C=O) groups is 1. The van der Waals surface area contributed by atoms with E-state index in [4.69, 9.17) is 15.8 Å². The number of nitrogens with two attached hydrogens (primary N) is 1. The van der Waals surface area contributed by atoms with Crippen LogP contribution in [0.2, 0.25) is 0 Å². The number of aromatic carboxylic acids is 1. The lowest BCUT2D eigenvalue weighted by Crippen LogP contribution is -2.40. The van der Waals surface area contributed by atoms with E-state index in [1.165, 1.54) is 0 Å². The molecule has 1 saturated heterocycles. The number of benzene rings is 1. The molecule has 7 heteroatoms. The van der Waals surface area contributed by atoms with Crippen LogP contribution in [0, 0.1) is 0 Å². The smallest absolute Gasteiger partial charge is 0.335 e. The van der Waals surface area contributed by atoms with Crippen LogP contribution < -0.4 is 10.6 Å². The molecule has 0 bridgehead atoms. The van der Waals surface area contributed by atoms with Crippen molar-refractivity contribution in [2.45, 2.75) is 18.9 Å². The first-order chi connectivity index (χ1) is 12.1. The van der Waals surface area contributed by atoms with Crippen LogP contribution in [-0.4, -0.2) is 44.7 Å². The van der Waals surface area contributed by atoms with Crippen molar-refractivity contribution in [3.63, 3.8) is 0 Å². The summed E-state index contributed by atoms with van der Waals surface area (Å²) in [6, 6.07) is 7.22. The van der Waals surface area contributed by atoms with E-state index in [0.29, 0.717) is 5.82 Å². The molecule has 25 heavy (non-hydrogen) atoms. The first-order valence-electron chi connectivity index (χ1n) is 8.29. The van der Waals surface area contributed by atoms with E-state index < -0.39 is 5.97 Å². The van der Waals surface area contributed by atoms with Crippen molar-refractivity contribution >= 4 is 22.7 Å². The summed E-state index contributed by atoms with van der Waals surface area (Å²) < 4.78 is 1.92. The highest BCUT2D eigenvalue weighted by atomic mass is 16.4. The van der Waals surface area contributed by atoms with Crippen molar-refractivity contribution in [2.24, 2.45) is 5.73 Å². The number of rotatable bonds is 3. The van der Waals surface area contributed by atoms with Gasteiger partial charge in [0.2, 0.25) is 0 Å². The van der Waals surface area contributed by atoms with E-state index in [2.05, 4.69) is 9.88 Å². The number of carboxylic acids is 1. The summed E-state index contributed by atoms with van der Waals surface area (Å²) in [6.45, 7) is 1.77. The number of fused-ring (bicyclic) bond motifs is 1. The molecule has 0 saturated carbocycles. The first kappa shape index (κ1) is 15.6. The summed E-state index contributed by atoms with van der Waals surface area (Å²) >= 11 is 0. The van der Waals surface area contributed by atoms with Crippen LogP contribution in [0.1, 0.15) is 23.2 Å². The number of anilines is 1. The molecule has 0 aliphatic carbocycles. The molecule has 1 aliphatic rings. The predicted molar refractivity (Wildman–Crippen MR) is 95.2 cm³/mol. The molecule has 3 heterocycles. The standard InChI is InChI=1S/C18H19N5O2/c19-14-4-6-22(7-5-14)16-10-20-11-17(21-16)23-8-3-12-9-13(18(24)25)1-2-15(12)23/h1-3,8-11,14H,4-7,19H2,(H,24,25). The molecule has 0 amide bonds. The van der Waals surface area contributed by atoms with Gasteiger partial charge in [0.1, 0.15) is 5.82 Å². The van der Waals surface area contributed by atoms with Crippen molar-refractivity contribution in [3.8, 4) is 5.82 Å². The molecule has 0 atom stereocenters. The average molecular weight is 337 g/mol. The maximum absolute atomic E-state index is 11.1. The largest absolute Gasteiger partial charge is 0.478 e. The maximum Gasteiger partial charge on any atom is 0.335 e. The SMILES string of the molecule is NC1CCN(c2cncc(-n3ccc4cc(C(=O)O)ccc43)n2)CC1. The van der Waals surface area contributed by atoms with E-state index >= 15 is 0 Å². The normalized spacial score (nSPS) is 15.6. The quantitative estimate of drug-likeness (QED) is 0.759. The molecule has 1 aliphatic heterocycles. The van der Waals surface area contributed by atoms with Gasteiger partial charge in [0.25, 0.3) is 0 Å². The third kappa shape index (κ3) is 2.94. The van der Waals surface area contributed by atoms with E-state index in [1.54, 1.807) is 30.6 Å². The zero-order valence-electron chi connectivity index (χ0n) is 13.7. The van der Waals surface area contributed by atoms with Crippen molar-refractivity contribution in [2.75, 3.05) is 18.0 Å². The Morgan fingerprint density at radius 3 is 2.68 bits per heavy atom. The third-order valence-corrected chi connectivity index (χ3v) is 4.66. The Bertz CT molecular complexity index is 928. The highest BCUT2D eigenvalue weighted by Gasteiger charge is 2.18. The third-order valence-electron chi connectivity index (χ3n) is 4.66. The summed E-state index contributed by atoms with van der Waals surface area (Å²) in [7, 11) is 0. The summed E-state index contributed by atoms with van der Waals surface area (Å²) in [5.74, 6) is 0.624. The van der Waals surface area contributed by atoms with E-state index in [9.17, 15) is 4.79 Å². The molecule has 7 nitrogen and oxygen atoms in total. The number of carboxylic acid groups (broad SMARTS) is 1. The van der Waals surface area contributed by atoms with Crippen molar-refractivity contribution < 1.29 is 9.90 Å². The molecular formula is C18H19N5O2. The van der Waals surface area contributed by atoms with Crippen LogP contribution in [0.3, 0.4) is 0 Å². The minimum Gasteiger partial charge on any atom is -0.478 e. The Kier molecular flexibility index (Phi) is 3.85. The Hall–Kier alpha value is -2.93. The minimum absolute atomic E-state index is 0.268. The lowest BCUT2D eigenvalue weighted by molar-refractivity contribution is 0.0697. The number of nitrogens with zero attached hydrogens (tertiary/aromatic N) is 4. The Morgan fingerprint density at radius 1 is 1.16 bits per heavy atom. The second-order valence-corrected chi connectivity index (χ2v) is 6.32. The van der Waals surface area contributed by atoms with Crippen LogP contribution in [0.4, 0.5) is 5.82 Å². The zero-order valence-corrected chi connectivity index (χ0v) is 13.7. The van der Waals surface area contributed by atoms with E-state index in [1.807, 2.05) is 16.8 Å². The molecule has 0 unspecified atom stereocenters. The maximum atomic E-state index is 11.1. The van der Waals surface area contributed by atoms with Gasteiger partial charge in [0.15, 0.2) is 5.82 Å². The summed E-state index contributed by atoms with van der Waals surface area (Å²) in [5.41, 5.74) is 7.14. The Morgan fingerprint density at radius 2 is 1.92 bits per heavy atom. The van der Waals surface area contributed by atoms with Crippen LogP contribution in [0.5, 0.6) is 0 Å². The van der Waals surface area contributed by atoms with Crippen molar-refractivity contribution in [1.29, 1.82) is 0 Å². The number of piperidine rings is 1. The van der Waals surface area contributed by atoms with Gasteiger partial charge in [-0.1, -0.05) is 0 Å². The molecule has 3 aromatic rings. The van der Waals surface area contributed by atoms with Gasteiger partial charge in [-0.25, -0.2) is 9.78 Å². The summed E-state index contributed by atoms with van der Waals surface area (Å²) in [4.78, 5) is 22.4. The number of hydrogen-bond donors (Lipinski definition) is 2. The molecule has 2 aromatic heterocycles. The number of aromatic nitrogens is 3. The highest BCUT2D eigenvalue weighted by molar-refractivity contribution is 5.94.